The second kappa shape index (κ2) is 6.75. The van der Waals surface area contributed by atoms with Gasteiger partial charge in [0.1, 0.15) is 10.7 Å². The SMILES string of the molecule is CCn1cc(NC(=O)c2c(Cl)c(C(F)(F)F)nn2C)c(C(=O)OC)n1. The third-order valence-corrected chi connectivity index (χ3v) is 3.54. The molecule has 0 atom stereocenters. The summed E-state index contributed by atoms with van der Waals surface area (Å²) in [6.07, 6.45) is -3.46. The molecule has 25 heavy (non-hydrogen) atoms. The number of anilines is 1. The van der Waals surface area contributed by atoms with Crippen molar-refractivity contribution < 1.29 is 27.5 Å². The summed E-state index contributed by atoms with van der Waals surface area (Å²) < 4.78 is 45.1. The topological polar surface area (TPSA) is 91.0 Å². The van der Waals surface area contributed by atoms with Crippen LogP contribution in [0.1, 0.15) is 33.6 Å². The second-order valence-corrected chi connectivity index (χ2v) is 5.20. The highest BCUT2D eigenvalue weighted by Crippen LogP contribution is 2.35. The van der Waals surface area contributed by atoms with Crippen molar-refractivity contribution in [3.63, 3.8) is 0 Å². The number of aryl methyl sites for hydroxylation is 2. The fraction of sp³-hybridized carbons (Fsp3) is 0.385. The molecule has 0 aliphatic carbocycles. The minimum absolute atomic E-state index is 0.0236. The first-order valence-corrected chi connectivity index (χ1v) is 7.24. The molecule has 0 radical (unpaired) electrons. The van der Waals surface area contributed by atoms with Crippen LogP contribution in [0, 0.1) is 0 Å². The Morgan fingerprint density at radius 2 is 2.00 bits per heavy atom. The number of amides is 1. The van der Waals surface area contributed by atoms with Crippen LogP contribution < -0.4 is 5.32 Å². The number of esters is 1. The van der Waals surface area contributed by atoms with Crippen LogP contribution in [0.4, 0.5) is 18.9 Å². The predicted molar refractivity (Wildman–Crippen MR) is 80.4 cm³/mol. The highest BCUT2D eigenvalue weighted by atomic mass is 35.5. The molecule has 0 saturated heterocycles. The van der Waals surface area contributed by atoms with E-state index in [1.54, 1.807) is 6.92 Å². The van der Waals surface area contributed by atoms with Gasteiger partial charge in [0.2, 0.25) is 0 Å². The van der Waals surface area contributed by atoms with E-state index in [9.17, 15) is 22.8 Å². The summed E-state index contributed by atoms with van der Waals surface area (Å²) in [5, 5.41) is 8.62. The summed E-state index contributed by atoms with van der Waals surface area (Å²) in [5.41, 5.74) is -2.09. The third kappa shape index (κ3) is 3.60. The van der Waals surface area contributed by atoms with Gasteiger partial charge < -0.3 is 10.1 Å². The van der Waals surface area contributed by atoms with Gasteiger partial charge in [-0.05, 0) is 6.92 Å². The van der Waals surface area contributed by atoms with Crippen LogP contribution >= 0.6 is 11.6 Å². The van der Waals surface area contributed by atoms with Gasteiger partial charge in [0.15, 0.2) is 11.4 Å². The fourth-order valence-electron chi connectivity index (χ4n) is 2.03. The van der Waals surface area contributed by atoms with Crippen LogP contribution in [0.5, 0.6) is 0 Å². The van der Waals surface area contributed by atoms with E-state index in [-0.39, 0.29) is 11.4 Å². The lowest BCUT2D eigenvalue weighted by molar-refractivity contribution is -0.141. The Hall–Kier alpha value is -2.56. The van der Waals surface area contributed by atoms with Crippen molar-refractivity contribution >= 4 is 29.2 Å². The quantitative estimate of drug-likeness (QED) is 0.823. The number of nitrogens with zero attached hydrogens (tertiary/aromatic N) is 4. The summed E-state index contributed by atoms with van der Waals surface area (Å²) in [5.74, 6) is -1.79. The first kappa shape index (κ1) is 18.8. The zero-order valence-corrected chi connectivity index (χ0v) is 14.1. The predicted octanol–water partition coefficient (Wildman–Crippen LogP) is 2.35. The minimum Gasteiger partial charge on any atom is -0.464 e. The van der Waals surface area contributed by atoms with E-state index >= 15 is 0 Å². The lowest BCUT2D eigenvalue weighted by atomic mass is 10.3. The van der Waals surface area contributed by atoms with E-state index in [4.69, 9.17) is 11.6 Å². The van der Waals surface area contributed by atoms with Crippen molar-refractivity contribution in [2.24, 2.45) is 7.05 Å². The van der Waals surface area contributed by atoms with Gasteiger partial charge in [-0.25, -0.2) is 4.79 Å². The molecule has 8 nitrogen and oxygen atoms in total. The molecule has 1 N–H and O–H groups in total. The number of carbonyl (C=O) groups is 2. The maximum absolute atomic E-state index is 12.8. The molecule has 0 fully saturated rings. The molecule has 136 valence electrons. The van der Waals surface area contributed by atoms with E-state index in [0.29, 0.717) is 11.2 Å². The fourth-order valence-corrected chi connectivity index (χ4v) is 2.38. The number of aromatic nitrogens is 4. The Balaban J connectivity index is 2.40. The van der Waals surface area contributed by atoms with Gasteiger partial charge in [-0.3, -0.25) is 14.2 Å². The summed E-state index contributed by atoms with van der Waals surface area (Å²) in [4.78, 5) is 24.1. The van der Waals surface area contributed by atoms with Gasteiger partial charge in [0.25, 0.3) is 5.91 Å². The number of methoxy groups -OCH3 is 1. The smallest absolute Gasteiger partial charge is 0.436 e. The number of hydrogen-bond acceptors (Lipinski definition) is 5. The maximum Gasteiger partial charge on any atom is 0.436 e. The normalized spacial score (nSPS) is 11.5. The van der Waals surface area contributed by atoms with E-state index in [1.807, 2.05) is 0 Å². The van der Waals surface area contributed by atoms with Crippen molar-refractivity contribution in [2.45, 2.75) is 19.6 Å². The van der Waals surface area contributed by atoms with Gasteiger partial charge in [0, 0.05) is 19.8 Å². The Bertz CT molecular complexity index is 828. The molecule has 2 aromatic heterocycles. The van der Waals surface area contributed by atoms with E-state index in [0.717, 1.165) is 14.2 Å². The Labute approximate surface area is 144 Å². The number of carbonyl (C=O) groups excluding carboxylic acids is 2. The molecule has 0 saturated carbocycles. The molecule has 2 rings (SSSR count). The van der Waals surface area contributed by atoms with Crippen LogP contribution in [-0.4, -0.2) is 38.5 Å². The summed E-state index contributed by atoms with van der Waals surface area (Å²) in [7, 11) is 2.28. The van der Waals surface area contributed by atoms with Crippen molar-refractivity contribution in [3.8, 4) is 0 Å². The molecule has 0 bridgehead atoms. The van der Waals surface area contributed by atoms with E-state index < -0.39 is 34.5 Å². The van der Waals surface area contributed by atoms with Gasteiger partial charge in [-0.15, -0.1) is 0 Å². The van der Waals surface area contributed by atoms with E-state index in [2.05, 4.69) is 20.3 Å². The summed E-state index contributed by atoms with van der Waals surface area (Å²) in [6.45, 7) is 2.14. The number of halogens is 4. The maximum atomic E-state index is 12.8. The van der Waals surface area contributed by atoms with Crippen molar-refractivity contribution in [2.75, 3.05) is 12.4 Å². The van der Waals surface area contributed by atoms with Crippen LogP contribution in [0.15, 0.2) is 6.20 Å². The molecule has 12 heteroatoms. The average molecular weight is 380 g/mol. The molecular weight excluding hydrogens is 367 g/mol. The molecule has 0 aromatic carbocycles. The van der Waals surface area contributed by atoms with Gasteiger partial charge in [-0.2, -0.15) is 23.4 Å². The number of hydrogen-bond donors (Lipinski definition) is 1. The zero-order chi connectivity index (χ0) is 18.9. The summed E-state index contributed by atoms with van der Waals surface area (Å²) in [6, 6.07) is 0. The molecule has 0 aliphatic heterocycles. The standard InChI is InChI=1S/C13H13ClF3N5O3/c1-4-22-5-6(8(19-22)12(24)25-3)18-11(23)9-7(14)10(13(15,16)17)20-21(9)2/h5H,4H2,1-3H3,(H,18,23). The molecule has 1 amide bonds. The Morgan fingerprint density at radius 1 is 1.36 bits per heavy atom. The Morgan fingerprint density at radius 3 is 2.48 bits per heavy atom. The lowest BCUT2D eigenvalue weighted by Gasteiger charge is -2.05. The molecule has 2 aromatic rings. The first-order chi connectivity index (χ1) is 11.6. The van der Waals surface area contributed by atoms with Crippen LogP contribution in [-0.2, 0) is 24.5 Å². The van der Waals surface area contributed by atoms with Crippen LogP contribution in [0.3, 0.4) is 0 Å². The highest BCUT2D eigenvalue weighted by Gasteiger charge is 2.40. The number of nitrogens with one attached hydrogen (secondary N) is 1. The zero-order valence-electron chi connectivity index (χ0n) is 13.3. The van der Waals surface area contributed by atoms with E-state index in [1.165, 1.54) is 10.9 Å². The number of alkyl halides is 3. The average Bonchev–Trinajstić information content (AvgIpc) is 3.06. The van der Waals surface area contributed by atoms with Crippen molar-refractivity contribution in [3.05, 3.63) is 28.3 Å². The van der Waals surface area contributed by atoms with Gasteiger partial charge >= 0.3 is 12.1 Å². The second-order valence-electron chi connectivity index (χ2n) is 4.83. The largest absolute Gasteiger partial charge is 0.464 e. The number of rotatable bonds is 4. The molecule has 0 spiro atoms. The monoisotopic (exact) mass is 379 g/mol. The highest BCUT2D eigenvalue weighted by molar-refractivity contribution is 6.35. The van der Waals surface area contributed by atoms with Gasteiger partial charge in [0.05, 0.1) is 12.8 Å². The Kier molecular flexibility index (Phi) is 5.07. The van der Waals surface area contributed by atoms with Crippen molar-refractivity contribution in [1.82, 2.24) is 19.6 Å². The first-order valence-electron chi connectivity index (χ1n) is 6.86. The lowest BCUT2D eigenvalue weighted by Crippen LogP contribution is -2.18. The van der Waals surface area contributed by atoms with Crippen LogP contribution in [0.2, 0.25) is 5.02 Å². The van der Waals surface area contributed by atoms with Gasteiger partial charge in [-0.1, -0.05) is 11.6 Å². The minimum atomic E-state index is -4.81. The molecular formula is C13H13ClF3N5O3. The molecule has 0 aliphatic rings. The van der Waals surface area contributed by atoms with Crippen LogP contribution in [0.25, 0.3) is 0 Å². The third-order valence-electron chi connectivity index (χ3n) is 3.19. The molecule has 0 unspecified atom stereocenters. The summed E-state index contributed by atoms with van der Waals surface area (Å²) >= 11 is 5.66. The number of ether oxygens (including phenoxy) is 1. The molecule has 2 heterocycles. The van der Waals surface area contributed by atoms with Crippen molar-refractivity contribution in [1.29, 1.82) is 0 Å².